The number of halogens is 1. The van der Waals surface area contributed by atoms with E-state index in [0.717, 1.165) is 13.0 Å². The van der Waals surface area contributed by atoms with Gasteiger partial charge in [0.25, 0.3) is 5.91 Å². The fourth-order valence-corrected chi connectivity index (χ4v) is 2.14. The first-order valence-corrected chi connectivity index (χ1v) is 6.32. The summed E-state index contributed by atoms with van der Waals surface area (Å²) < 4.78 is 5.75. The van der Waals surface area contributed by atoms with Gasteiger partial charge >= 0.3 is 0 Å². The summed E-state index contributed by atoms with van der Waals surface area (Å²) in [7, 11) is 0. The van der Waals surface area contributed by atoms with Crippen LogP contribution in [0, 0.1) is 0 Å². The van der Waals surface area contributed by atoms with E-state index in [1.807, 2.05) is 0 Å². The Bertz CT molecular complexity index is 359. The molecule has 1 fully saturated rings. The first-order chi connectivity index (χ1) is 7.75. The number of hydrogen-bond acceptors (Lipinski definition) is 3. The summed E-state index contributed by atoms with van der Waals surface area (Å²) in [5, 5.41) is 6.24. The fraction of sp³-hybridized carbons (Fsp3) is 0.545. The maximum absolute atomic E-state index is 11.6. The average molecular weight is 287 g/mol. The Morgan fingerprint density at radius 2 is 2.44 bits per heavy atom. The van der Waals surface area contributed by atoms with Gasteiger partial charge in [0.15, 0.2) is 10.4 Å². The van der Waals surface area contributed by atoms with Crippen molar-refractivity contribution in [3.05, 3.63) is 22.6 Å². The van der Waals surface area contributed by atoms with Gasteiger partial charge in [-0.15, -0.1) is 0 Å². The van der Waals surface area contributed by atoms with Gasteiger partial charge in [-0.1, -0.05) is 6.42 Å². The minimum atomic E-state index is -0.155. The molecule has 4 nitrogen and oxygen atoms in total. The highest BCUT2D eigenvalue weighted by molar-refractivity contribution is 9.10. The zero-order valence-corrected chi connectivity index (χ0v) is 10.5. The molecule has 0 radical (unpaired) electrons. The van der Waals surface area contributed by atoms with Crippen LogP contribution in [0.5, 0.6) is 0 Å². The van der Waals surface area contributed by atoms with Crippen molar-refractivity contribution in [3.63, 3.8) is 0 Å². The largest absolute Gasteiger partial charge is 0.444 e. The molecule has 0 spiro atoms. The van der Waals surface area contributed by atoms with Crippen molar-refractivity contribution in [2.45, 2.75) is 25.3 Å². The number of furan rings is 1. The second kappa shape index (κ2) is 5.50. The molecule has 5 heteroatoms. The van der Waals surface area contributed by atoms with Gasteiger partial charge in [0.2, 0.25) is 0 Å². The van der Waals surface area contributed by atoms with Crippen molar-refractivity contribution in [2.75, 3.05) is 13.1 Å². The van der Waals surface area contributed by atoms with Crippen LogP contribution in [0.15, 0.2) is 21.2 Å². The Morgan fingerprint density at radius 3 is 3.06 bits per heavy atom. The summed E-state index contributed by atoms with van der Waals surface area (Å²) >= 11 is 3.17. The van der Waals surface area contributed by atoms with Gasteiger partial charge in [-0.25, -0.2) is 0 Å². The number of carbonyl (C=O) groups is 1. The molecule has 1 unspecified atom stereocenters. The molecule has 2 N–H and O–H groups in total. The lowest BCUT2D eigenvalue weighted by atomic mass is 10.1. The lowest BCUT2D eigenvalue weighted by Crippen LogP contribution is -2.43. The van der Waals surface area contributed by atoms with Crippen LogP contribution in [0.25, 0.3) is 0 Å². The summed E-state index contributed by atoms with van der Waals surface area (Å²) in [5.74, 6) is 0.195. The van der Waals surface area contributed by atoms with Gasteiger partial charge in [-0.2, -0.15) is 0 Å². The van der Waals surface area contributed by atoms with Crippen molar-refractivity contribution in [3.8, 4) is 0 Å². The quantitative estimate of drug-likeness (QED) is 0.893. The van der Waals surface area contributed by atoms with E-state index in [-0.39, 0.29) is 5.91 Å². The molecule has 2 rings (SSSR count). The number of nitrogens with one attached hydrogen (secondary N) is 2. The zero-order valence-electron chi connectivity index (χ0n) is 8.96. The topological polar surface area (TPSA) is 54.3 Å². The highest BCUT2D eigenvalue weighted by Gasteiger charge is 2.15. The van der Waals surface area contributed by atoms with Crippen molar-refractivity contribution < 1.29 is 9.21 Å². The number of carbonyl (C=O) groups excluding carboxylic acids is 1. The van der Waals surface area contributed by atoms with Crippen LogP contribution >= 0.6 is 15.9 Å². The van der Waals surface area contributed by atoms with E-state index < -0.39 is 0 Å². The summed E-state index contributed by atoms with van der Waals surface area (Å²) in [6, 6.07) is 3.78. The van der Waals surface area contributed by atoms with E-state index in [2.05, 4.69) is 26.6 Å². The molecule has 0 aromatic carbocycles. The van der Waals surface area contributed by atoms with Crippen LogP contribution < -0.4 is 10.6 Å². The van der Waals surface area contributed by atoms with Gasteiger partial charge in [0.05, 0.1) is 0 Å². The summed E-state index contributed by atoms with van der Waals surface area (Å²) in [6.07, 6.45) is 3.59. The maximum Gasteiger partial charge on any atom is 0.287 e. The molecule has 1 aromatic rings. The first kappa shape index (κ1) is 11.7. The van der Waals surface area contributed by atoms with E-state index in [1.54, 1.807) is 12.1 Å². The minimum absolute atomic E-state index is 0.155. The lowest BCUT2D eigenvalue weighted by Gasteiger charge is -2.23. The van der Waals surface area contributed by atoms with Crippen LogP contribution in [-0.4, -0.2) is 25.0 Å². The van der Waals surface area contributed by atoms with Crippen molar-refractivity contribution >= 4 is 21.8 Å². The SMILES string of the molecule is O=C(NCC1CCCCN1)c1ccc(Br)o1. The Hall–Kier alpha value is -0.810. The van der Waals surface area contributed by atoms with E-state index in [0.29, 0.717) is 23.0 Å². The van der Waals surface area contributed by atoms with E-state index >= 15 is 0 Å². The molecule has 0 bridgehead atoms. The molecule has 1 aliphatic heterocycles. The number of rotatable bonds is 3. The Kier molecular flexibility index (Phi) is 4.01. The van der Waals surface area contributed by atoms with Crippen LogP contribution in [0.4, 0.5) is 0 Å². The Balaban J connectivity index is 1.79. The lowest BCUT2D eigenvalue weighted by molar-refractivity contribution is 0.0918. The third kappa shape index (κ3) is 3.09. The van der Waals surface area contributed by atoms with Crippen molar-refractivity contribution in [1.82, 2.24) is 10.6 Å². The third-order valence-corrected chi connectivity index (χ3v) is 3.14. The molecule has 1 atom stereocenters. The normalized spacial score (nSPS) is 20.7. The van der Waals surface area contributed by atoms with Crippen LogP contribution in [0.3, 0.4) is 0 Å². The average Bonchev–Trinajstić information content (AvgIpc) is 2.74. The van der Waals surface area contributed by atoms with Crippen LogP contribution in [0.2, 0.25) is 0 Å². The molecule has 1 aliphatic rings. The van der Waals surface area contributed by atoms with E-state index in [4.69, 9.17) is 4.42 Å². The predicted octanol–water partition coefficient (Wildman–Crippen LogP) is 1.91. The second-order valence-corrected chi connectivity index (χ2v) is 4.74. The number of amides is 1. The smallest absolute Gasteiger partial charge is 0.287 e. The molecule has 88 valence electrons. The van der Waals surface area contributed by atoms with Gasteiger partial charge in [0.1, 0.15) is 0 Å². The molecule has 1 saturated heterocycles. The van der Waals surface area contributed by atoms with Gasteiger partial charge < -0.3 is 15.1 Å². The number of piperidine rings is 1. The standard InChI is InChI=1S/C11H15BrN2O2/c12-10-5-4-9(16-10)11(15)14-7-8-3-1-2-6-13-8/h4-5,8,13H,1-3,6-7H2,(H,14,15). The third-order valence-electron chi connectivity index (χ3n) is 2.72. The molecule has 0 saturated carbocycles. The molecule has 2 heterocycles. The molecular formula is C11H15BrN2O2. The number of hydrogen-bond donors (Lipinski definition) is 2. The Labute approximate surface area is 103 Å². The zero-order chi connectivity index (χ0) is 11.4. The van der Waals surface area contributed by atoms with Crippen LogP contribution in [0.1, 0.15) is 29.8 Å². The first-order valence-electron chi connectivity index (χ1n) is 5.52. The predicted molar refractivity (Wildman–Crippen MR) is 64.4 cm³/mol. The summed E-state index contributed by atoms with van der Waals surface area (Å²) in [6.45, 7) is 1.71. The minimum Gasteiger partial charge on any atom is -0.444 e. The second-order valence-electron chi connectivity index (χ2n) is 3.96. The molecule has 1 aromatic heterocycles. The Morgan fingerprint density at radius 1 is 1.56 bits per heavy atom. The van der Waals surface area contributed by atoms with Gasteiger partial charge in [-0.3, -0.25) is 4.79 Å². The maximum atomic E-state index is 11.6. The van der Waals surface area contributed by atoms with Crippen molar-refractivity contribution in [2.24, 2.45) is 0 Å². The molecule has 16 heavy (non-hydrogen) atoms. The fourth-order valence-electron chi connectivity index (χ4n) is 1.84. The summed E-state index contributed by atoms with van der Waals surface area (Å²) in [4.78, 5) is 11.6. The highest BCUT2D eigenvalue weighted by atomic mass is 79.9. The molecular weight excluding hydrogens is 272 g/mol. The molecule has 1 amide bonds. The molecule has 0 aliphatic carbocycles. The van der Waals surface area contributed by atoms with Crippen molar-refractivity contribution in [1.29, 1.82) is 0 Å². The van der Waals surface area contributed by atoms with E-state index in [9.17, 15) is 4.79 Å². The van der Waals surface area contributed by atoms with Gasteiger partial charge in [-0.05, 0) is 47.4 Å². The summed E-state index contributed by atoms with van der Waals surface area (Å²) in [5.41, 5.74) is 0. The monoisotopic (exact) mass is 286 g/mol. The van der Waals surface area contributed by atoms with Gasteiger partial charge in [0, 0.05) is 12.6 Å². The van der Waals surface area contributed by atoms with Crippen LogP contribution in [-0.2, 0) is 0 Å². The highest BCUT2D eigenvalue weighted by Crippen LogP contribution is 2.13. The van der Waals surface area contributed by atoms with E-state index in [1.165, 1.54) is 12.8 Å².